The maximum absolute atomic E-state index is 2.43. The lowest BCUT2D eigenvalue weighted by Gasteiger charge is -2.34. The SMILES string of the molecule is c1ccc(-c2ccc(-n3c4ccccc4c4ccc(-c5ccc6c(c5)c5ccccc5n6-c5ccc(C6(c7ccccc7)c7ccccc7-c7ccccc76)cc5)cc43)cc2)cc1. The van der Waals surface area contributed by atoms with Gasteiger partial charge in [-0.2, -0.15) is 0 Å². The van der Waals surface area contributed by atoms with Gasteiger partial charge in [0.05, 0.1) is 27.5 Å². The molecule has 0 saturated carbocycles. The van der Waals surface area contributed by atoms with E-state index < -0.39 is 5.41 Å². The Morgan fingerprint density at radius 2 is 0.683 bits per heavy atom. The van der Waals surface area contributed by atoms with Crippen molar-refractivity contribution in [3.05, 3.63) is 265 Å². The quantitative estimate of drug-likeness (QED) is 0.159. The van der Waals surface area contributed by atoms with Crippen LogP contribution >= 0.6 is 0 Å². The maximum Gasteiger partial charge on any atom is 0.0713 e. The Bertz CT molecular complexity index is 3660. The first kappa shape index (κ1) is 35.5. The van der Waals surface area contributed by atoms with Crippen molar-refractivity contribution in [1.82, 2.24) is 9.13 Å². The van der Waals surface area contributed by atoms with Crippen LogP contribution in [0, 0.1) is 0 Å². The fourth-order valence-electron chi connectivity index (χ4n) is 10.9. The molecule has 63 heavy (non-hydrogen) atoms. The number of hydrogen-bond donors (Lipinski definition) is 0. The third kappa shape index (κ3) is 5.25. The molecule has 0 radical (unpaired) electrons. The normalized spacial score (nSPS) is 12.9. The number of hydrogen-bond acceptors (Lipinski definition) is 0. The van der Waals surface area contributed by atoms with E-state index in [-0.39, 0.29) is 0 Å². The van der Waals surface area contributed by atoms with Gasteiger partial charge in [0.25, 0.3) is 0 Å². The van der Waals surface area contributed by atoms with E-state index in [1.807, 2.05) is 0 Å². The Labute approximate surface area is 366 Å². The summed E-state index contributed by atoms with van der Waals surface area (Å²) in [6, 6.07) is 89.5. The first-order valence-corrected chi connectivity index (χ1v) is 21.8. The molecule has 1 aliphatic carbocycles. The highest BCUT2D eigenvalue weighted by atomic mass is 15.0. The lowest BCUT2D eigenvalue weighted by Crippen LogP contribution is -2.28. The average molecular weight is 801 g/mol. The molecular weight excluding hydrogens is 761 g/mol. The zero-order valence-electron chi connectivity index (χ0n) is 34.5. The molecule has 2 heterocycles. The van der Waals surface area contributed by atoms with Gasteiger partial charge in [-0.15, -0.1) is 0 Å². The van der Waals surface area contributed by atoms with Crippen molar-refractivity contribution >= 4 is 43.6 Å². The molecule has 0 fully saturated rings. The number of rotatable bonds is 6. The molecule has 0 unspecified atom stereocenters. The van der Waals surface area contributed by atoms with Crippen LogP contribution in [0.5, 0.6) is 0 Å². The molecule has 2 heteroatoms. The zero-order valence-corrected chi connectivity index (χ0v) is 34.5. The third-order valence-corrected chi connectivity index (χ3v) is 13.6. The minimum atomic E-state index is -0.429. The second-order valence-corrected chi connectivity index (χ2v) is 16.8. The first-order chi connectivity index (χ1) is 31.3. The van der Waals surface area contributed by atoms with Gasteiger partial charge in [-0.3, -0.25) is 0 Å². The van der Waals surface area contributed by atoms with Crippen LogP contribution in [0.4, 0.5) is 0 Å². The summed E-state index contributed by atoms with van der Waals surface area (Å²) >= 11 is 0. The summed E-state index contributed by atoms with van der Waals surface area (Å²) in [6.45, 7) is 0. The van der Waals surface area contributed by atoms with Crippen molar-refractivity contribution < 1.29 is 0 Å². The number of benzene rings is 10. The Hall–Kier alpha value is -8.20. The molecule has 0 bridgehead atoms. The van der Waals surface area contributed by atoms with Crippen LogP contribution in [-0.2, 0) is 5.41 Å². The van der Waals surface area contributed by atoms with Crippen molar-refractivity contribution in [2.45, 2.75) is 5.41 Å². The van der Waals surface area contributed by atoms with Crippen molar-refractivity contribution in [2.75, 3.05) is 0 Å². The maximum atomic E-state index is 2.43. The minimum absolute atomic E-state index is 0.429. The number of aromatic nitrogens is 2. The number of nitrogens with zero attached hydrogens (tertiary/aromatic N) is 2. The van der Waals surface area contributed by atoms with Gasteiger partial charge in [0.2, 0.25) is 0 Å². The average Bonchev–Trinajstić information content (AvgIpc) is 3.98. The molecule has 0 spiro atoms. The van der Waals surface area contributed by atoms with Crippen LogP contribution in [0.15, 0.2) is 243 Å². The monoisotopic (exact) mass is 800 g/mol. The highest BCUT2D eigenvalue weighted by molar-refractivity contribution is 6.12. The second kappa shape index (κ2) is 13.9. The summed E-state index contributed by atoms with van der Waals surface area (Å²) in [6.07, 6.45) is 0. The molecule has 13 rings (SSSR count). The van der Waals surface area contributed by atoms with Crippen LogP contribution in [0.25, 0.3) is 88.4 Å². The second-order valence-electron chi connectivity index (χ2n) is 16.8. The molecular formula is C61H40N2. The molecule has 0 aliphatic heterocycles. The molecule has 0 amide bonds. The molecule has 1 aliphatic rings. The van der Waals surface area contributed by atoms with E-state index in [9.17, 15) is 0 Å². The molecule has 10 aromatic carbocycles. The van der Waals surface area contributed by atoms with E-state index in [0.717, 1.165) is 11.4 Å². The molecule has 294 valence electrons. The van der Waals surface area contributed by atoms with Gasteiger partial charge in [-0.05, 0) is 110 Å². The summed E-state index contributed by atoms with van der Waals surface area (Å²) in [5.74, 6) is 0. The standard InChI is InChI=1S/C61H40N2/c1-3-15-41(16-4-1)42-27-33-47(34-28-42)63-57-25-13-9-21-51(57)53-37-29-44(40-60(53)63)43-30-38-59-54(39-43)52-22-10-14-26-58(52)62(59)48-35-31-46(32-36-48)61(45-17-5-2-6-18-45)55-23-11-7-19-49(55)50-20-8-12-24-56(50)61/h1-40H. The van der Waals surface area contributed by atoms with Gasteiger partial charge < -0.3 is 9.13 Å². The number of para-hydroxylation sites is 2. The van der Waals surface area contributed by atoms with Crippen LogP contribution in [0.2, 0.25) is 0 Å². The highest BCUT2D eigenvalue weighted by Crippen LogP contribution is 2.56. The van der Waals surface area contributed by atoms with Crippen molar-refractivity contribution in [3.63, 3.8) is 0 Å². The topological polar surface area (TPSA) is 9.86 Å². The van der Waals surface area contributed by atoms with Crippen LogP contribution in [0.1, 0.15) is 22.3 Å². The predicted molar refractivity (Wildman–Crippen MR) is 263 cm³/mol. The van der Waals surface area contributed by atoms with Gasteiger partial charge in [0, 0.05) is 32.9 Å². The summed E-state index contributed by atoms with van der Waals surface area (Å²) in [7, 11) is 0. The number of fused-ring (bicyclic) bond motifs is 9. The highest BCUT2D eigenvalue weighted by Gasteiger charge is 2.45. The van der Waals surface area contributed by atoms with Gasteiger partial charge >= 0.3 is 0 Å². The predicted octanol–water partition coefficient (Wildman–Crippen LogP) is 15.6. The van der Waals surface area contributed by atoms with E-state index in [1.54, 1.807) is 0 Å². The van der Waals surface area contributed by atoms with E-state index in [2.05, 4.69) is 252 Å². The van der Waals surface area contributed by atoms with Crippen molar-refractivity contribution in [2.24, 2.45) is 0 Å². The molecule has 0 saturated heterocycles. The Morgan fingerprint density at radius 1 is 0.254 bits per heavy atom. The van der Waals surface area contributed by atoms with Crippen molar-refractivity contribution in [1.29, 1.82) is 0 Å². The van der Waals surface area contributed by atoms with E-state index >= 15 is 0 Å². The van der Waals surface area contributed by atoms with Crippen molar-refractivity contribution in [3.8, 4) is 44.8 Å². The Morgan fingerprint density at radius 3 is 1.35 bits per heavy atom. The first-order valence-electron chi connectivity index (χ1n) is 21.8. The molecule has 2 aromatic heterocycles. The molecule has 0 atom stereocenters. The minimum Gasteiger partial charge on any atom is -0.309 e. The lowest BCUT2D eigenvalue weighted by molar-refractivity contribution is 0.768. The largest absolute Gasteiger partial charge is 0.309 e. The van der Waals surface area contributed by atoms with E-state index in [0.29, 0.717) is 0 Å². The third-order valence-electron chi connectivity index (χ3n) is 13.6. The molecule has 0 N–H and O–H groups in total. The smallest absolute Gasteiger partial charge is 0.0713 e. The van der Waals surface area contributed by atoms with Crippen LogP contribution < -0.4 is 0 Å². The van der Waals surface area contributed by atoms with Gasteiger partial charge in [-0.1, -0.05) is 188 Å². The fourth-order valence-corrected chi connectivity index (χ4v) is 10.9. The van der Waals surface area contributed by atoms with Gasteiger partial charge in [0.1, 0.15) is 0 Å². The zero-order chi connectivity index (χ0) is 41.5. The summed E-state index contributed by atoms with van der Waals surface area (Å²) in [5, 5.41) is 4.99. The molecule has 12 aromatic rings. The molecule has 2 nitrogen and oxygen atoms in total. The summed E-state index contributed by atoms with van der Waals surface area (Å²) < 4.78 is 4.85. The Balaban J connectivity index is 0.938. The fraction of sp³-hybridized carbons (Fsp3) is 0.0164. The van der Waals surface area contributed by atoms with Gasteiger partial charge in [0.15, 0.2) is 0 Å². The van der Waals surface area contributed by atoms with E-state index in [4.69, 9.17) is 0 Å². The summed E-state index contributed by atoms with van der Waals surface area (Å²) in [5.41, 5.74) is 19.3. The Kier molecular flexibility index (Phi) is 7.85. The van der Waals surface area contributed by atoms with E-state index in [1.165, 1.54) is 99.2 Å². The van der Waals surface area contributed by atoms with Crippen LogP contribution in [0.3, 0.4) is 0 Å². The van der Waals surface area contributed by atoms with Crippen LogP contribution in [-0.4, -0.2) is 9.13 Å². The van der Waals surface area contributed by atoms with Gasteiger partial charge in [-0.25, -0.2) is 0 Å². The summed E-state index contributed by atoms with van der Waals surface area (Å²) in [4.78, 5) is 0. The lowest BCUT2D eigenvalue weighted by atomic mass is 9.68.